The lowest BCUT2D eigenvalue weighted by atomic mass is 9.97. The molecule has 0 radical (unpaired) electrons. The van der Waals surface area contributed by atoms with Crippen LogP contribution in [0.25, 0.3) is 51.4 Å². The van der Waals surface area contributed by atoms with Crippen molar-refractivity contribution in [2.45, 2.75) is 32.0 Å². The molecule has 1 fully saturated rings. The SMILES string of the molecule is Fc1cc(F)cc(-c2ccc3c(c2)C(/C=C/c2ccccn2)=NC3)c1.Fc1cc(F)cc(-c2ccc3c(c2)c(/C=C/c2ccccn2)nn3C2CCCCO2)c1. The number of hydrogen-bond acceptors (Lipinski definition) is 5. The zero-order valence-corrected chi connectivity index (χ0v) is 30.1. The maximum absolute atomic E-state index is 13.8. The molecule has 4 aromatic carbocycles. The van der Waals surface area contributed by atoms with E-state index in [1.807, 2.05) is 102 Å². The molecule has 56 heavy (non-hydrogen) atoms. The molecular formula is C46H35F4N5O. The van der Waals surface area contributed by atoms with Gasteiger partial charge >= 0.3 is 0 Å². The lowest BCUT2D eigenvalue weighted by Crippen LogP contribution is -2.19. The van der Waals surface area contributed by atoms with Gasteiger partial charge in [0.05, 0.1) is 34.9 Å². The number of rotatable bonds is 7. The monoisotopic (exact) mass is 749 g/mol. The molecular weight excluding hydrogens is 715 g/mol. The van der Waals surface area contributed by atoms with Gasteiger partial charge in [0.1, 0.15) is 23.3 Å². The summed E-state index contributed by atoms with van der Waals surface area (Å²) in [6.07, 6.45) is 14.0. The van der Waals surface area contributed by atoms with E-state index in [2.05, 4.69) is 15.0 Å². The van der Waals surface area contributed by atoms with E-state index in [1.54, 1.807) is 12.4 Å². The fourth-order valence-corrected chi connectivity index (χ4v) is 6.85. The van der Waals surface area contributed by atoms with E-state index in [0.29, 0.717) is 24.3 Å². The van der Waals surface area contributed by atoms with Crippen molar-refractivity contribution in [3.63, 3.8) is 0 Å². The van der Waals surface area contributed by atoms with Gasteiger partial charge < -0.3 is 4.74 Å². The maximum Gasteiger partial charge on any atom is 0.150 e. The molecule has 3 aromatic heterocycles. The second kappa shape index (κ2) is 16.5. The van der Waals surface area contributed by atoms with Gasteiger partial charge in [0.25, 0.3) is 0 Å². The molecule has 6 nitrogen and oxygen atoms in total. The van der Waals surface area contributed by atoms with Crippen LogP contribution >= 0.6 is 0 Å². The quantitative estimate of drug-likeness (QED) is 0.152. The van der Waals surface area contributed by atoms with Crippen molar-refractivity contribution >= 4 is 34.8 Å². The molecule has 0 aliphatic carbocycles. The van der Waals surface area contributed by atoms with Crippen molar-refractivity contribution in [1.29, 1.82) is 0 Å². The first-order valence-electron chi connectivity index (χ1n) is 18.3. The Kier molecular flexibility index (Phi) is 10.7. The molecule has 1 unspecified atom stereocenters. The van der Waals surface area contributed by atoms with Crippen LogP contribution in [0.15, 0.2) is 133 Å². The van der Waals surface area contributed by atoms with Crippen LogP contribution in [-0.2, 0) is 11.3 Å². The fourth-order valence-electron chi connectivity index (χ4n) is 6.85. The highest BCUT2D eigenvalue weighted by atomic mass is 19.1. The number of halogens is 4. The van der Waals surface area contributed by atoms with E-state index in [-0.39, 0.29) is 6.23 Å². The average Bonchev–Trinajstić information content (AvgIpc) is 3.80. The molecule has 10 heteroatoms. The predicted molar refractivity (Wildman–Crippen MR) is 212 cm³/mol. The molecule has 0 saturated carbocycles. The van der Waals surface area contributed by atoms with Crippen LogP contribution in [0.5, 0.6) is 0 Å². The number of aliphatic imine (C=N–C) groups is 1. The summed E-state index contributed by atoms with van der Waals surface area (Å²) in [5, 5.41) is 5.72. The number of ether oxygens (including phenoxy) is 1. The first-order chi connectivity index (χ1) is 27.4. The van der Waals surface area contributed by atoms with Crippen molar-refractivity contribution in [3.8, 4) is 22.3 Å². The van der Waals surface area contributed by atoms with E-state index in [9.17, 15) is 17.6 Å². The molecule has 278 valence electrons. The maximum atomic E-state index is 13.8. The van der Waals surface area contributed by atoms with Crippen LogP contribution in [0.4, 0.5) is 17.6 Å². The second-order valence-corrected chi connectivity index (χ2v) is 13.4. The van der Waals surface area contributed by atoms with Gasteiger partial charge in [-0.25, -0.2) is 22.2 Å². The number of pyridine rings is 2. The van der Waals surface area contributed by atoms with Gasteiger partial charge in [0.15, 0.2) is 6.23 Å². The van der Waals surface area contributed by atoms with Gasteiger partial charge in [-0.05, 0) is 138 Å². The molecule has 5 heterocycles. The van der Waals surface area contributed by atoms with Crippen LogP contribution in [0.1, 0.15) is 53.7 Å². The largest absolute Gasteiger partial charge is 0.356 e. The number of aromatic nitrogens is 4. The third-order valence-corrected chi connectivity index (χ3v) is 9.56. The van der Waals surface area contributed by atoms with Crippen molar-refractivity contribution in [2.75, 3.05) is 6.61 Å². The van der Waals surface area contributed by atoms with Crippen LogP contribution in [-0.4, -0.2) is 32.1 Å². The minimum atomic E-state index is -0.600. The fraction of sp³-hybridized carbons (Fsp3) is 0.130. The van der Waals surface area contributed by atoms with Gasteiger partial charge in [-0.15, -0.1) is 0 Å². The predicted octanol–water partition coefficient (Wildman–Crippen LogP) is 11.3. The summed E-state index contributed by atoms with van der Waals surface area (Å²) in [6.45, 7) is 1.32. The molecule has 7 aromatic rings. The van der Waals surface area contributed by atoms with Crippen LogP contribution in [0.2, 0.25) is 0 Å². The summed E-state index contributed by atoms with van der Waals surface area (Å²) in [4.78, 5) is 13.1. The Morgan fingerprint density at radius 3 is 1.84 bits per heavy atom. The zero-order valence-electron chi connectivity index (χ0n) is 30.1. The van der Waals surface area contributed by atoms with Crippen molar-refractivity contribution in [2.24, 2.45) is 4.99 Å². The number of nitrogens with zero attached hydrogens (tertiary/aromatic N) is 5. The van der Waals surface area contributed by atoms with Crippen LogP contribution in [0.3, 0.4) is 0 Å². The van der Waals surface area contributed by atoms with E-state index < -0.39 is 23.3 Å². The van der Waals surface area contributed by atoms with Gasteiger partial charge in [-0.3, -0.25) is 15.0 Å². The van der Waals surface area contributed by atoms with Crippen LogP contribution in [0, 0.1) is 23.3 Å². The van der Waals surface area contributed by atoms with E-state index in [0.717, 1.165) is 87.3 Å². The third-order valence-electron chi connectivity index (χ3n) is 9.56. The second-order valence-electron chi connectivity index (χ2n) is 13.4. The lowest BCUT2D eigenvalue weighted by Gasteiger charge is -2.23. The van der Waals surface area contributed by atoms with Gasteiger partial charge in [0.2, 0.25) is 0 Å². The van der Waals surface area contributed by atoms with Crippen LogP contribution < -0.4 is 0 Å². The molecule has 9 rings (SSSR count). The molecule has 0 N–H and O–H groups in total. The Morgan fingerprint density at radius 1 is 0.607 bits per heavy atom. The number of benzene rings is 4. The standard InChI is InChI=1S/C25H21F2N3O.C21H14F2N2/c26-19-13-18(14-20(27)16-19)17-7-10-24-22(15-17)23(9-8-21-5-1-3-11-28-21)29-30(24)25-6-2-4-12-31-25;22-17-9-16(10-18(23)12-17)14-4-5-15-13-25-21(20(15)11-14)7-6-19-3-1-2-8-24-19/h1,3,5,7-11,13-16,25H,2,4,6,12H2;1-12H,13H2/b9-8+;7-6+. The minimum Gasteiger partial charge on any atom is -0.356 e. The van der Waals surface area contributed by atoms with E-state index in [1.165, 1.54) is 24.3 Å². The Morgan fingerprint density at radius 2 is 1.23 bits per heavy atom. The minimum absolute atomic E-state index is 0.120. The van der Waals surface area contributed by atoms with Crippen molar-refractivity contribution in [1.82, 2.24) is 19.7 Å². The molecule has 1 atom stereocenters. The number of hydrogen-bond donors (Lipinski definition) is 0. The highest BCUT2D eigenvalue weighted by Gasteiger charge is 2.21. The topological polar surface area (TPSA) is 65.2 Å². The summed E-state index contributed by atoms with van der Waals surface area (Å²) >= 11 is 0. The Hall–Kier alpha value is -6.52. The molecule has 2 aliphatic rings. The summed E-state index contributed by atoms with van der Waals surface area (Å²) in [5.74, 6) is -2.37. The summed E-state index contributed by atoms with van der Waals surface area (Å²) in [5.41, 5.74) is 8.77. The third kappa shape index (κ3) is 8.40. The smallest absolute Gasteiger partial charge is 0.150 e. The summed E-state index contributed by atoms with van der Waals surface area (Å²) < 4.78 is 62.4. The number of fused-ring (bicyclic) bond motifs is 2. The lowest BCUT2D eigenvalue weighted by molar-refractivity contribution is -0.0367. The van der Waals surface area contributed by atoms with Crippen molar-refractivity contribution < 1.29 is 22.3 Å². The Balaban J connectivity index is 0.000000161. The highest BCUT2D eigenvalue weighted by molar-refractivity contribution is 6.13. The number of allylic oxidation sites excluding steroid dienone is 1. The van der Waals surface area contributed by atoms with Gasteiger partial charge in [-0.2, -0.15) is 5.10 Å². The van der Waals surface area contributed by atoms with Crippen molar-refractivity contribution in [3.05, 3.63) is 179 Å². The van der Waals surface area contributed by atoms with Gasteiger partial charge in [-0.1, -0.05) is 30.3 Å². The van der Waals surface area contributed by atoms with E-state index in [4.69, 9.17) is 9.84 Å². The zero-order chi connectivity index (χ0) is 38.4. The highest BCUT2D eigenvalue weighted by Crippen LogP contribution is 2.33. The molecule has 1 saturated heterocycles. The van der Waals surface area contributed by atoms with Gasteiger partial charge in [0, 0.05) is 42.1 Å². The molecule has 0 bridgehead atoms. The first kappa shape index (κ1) is 36.5. The molecule has 2 aliphatic heterocycles. The summed E-state index contributed by atoms with van der Waals surface area (Å²) in [6, 6.07) is 30.0. The Bertz CT molecular complexity index is 2560. The average molecular weight is 750 g/mol. The normalized spacial score (nSPS) is 15.2. The Labute approximate surface area is 321 Å². The molecule has 0 spiro atoms. The molecule has 0 amide bonds. The van der Waals surface area contributed by atoms with E-state index >= 15 is 0 Å². The summed E-state index contributed by atoms with van der Waals surface area (Å²) in [7, 11) is 0. The first-order valence-corrected chi connectivity index (χ1v) is 18.3.